The van der Waals surface area contributed by atoms with E-state index < -0.39 is 55.7 Å². The van der Waals surface area contributed by atoms with Crippen LogP contribution in [0.5, 0.6) is 0 Å². The first kappa shape index (κ1) is 54.4. The van der Waals surface area contributed by atoms with Gasteiger partial charge in [0, 0.05) is 19.4 Å². The zero-order valence-corrected chi connectivity index (χ0v) is 35.5. The van der Waals surface area contributed by atoms with Gasteiger partial charge < -0.3 is 44.8 Å². The molecule has 0 fully saturated rings. The van der Waals surface area contributed by atoms with Crippen molar-refractivity contribution >= 4 is 11.9 Å². The molecule has 0 rings (SSSR count). The fourth-order valence-corrected chi connectivity index (χ4v) is 6.72. The first-order valence-electron chi connectivity index (χ1n) is 22.8. The molecule has 1 unspecified atom stereocenters. The van der Waals surface area contributed by atoms with Crippen LogP contribution in [0.2, 0.25) is 0 Å². The van der Waals surface area contributed by atoms with Gasteiger partial charge in [-0.3, -0.25) is 9.59 Å². The Morgan fingerprint density at radius 3 is 1.34 bits per heavy atom. The molecule has 6 N–H and O–H groups in total. The van der Waals surface area contributed by atoms with Crippen LogP contribution in [0, 0.1) is 0 Å². The maximum Gasteiger partial charge on any atom is 0.306 e. The highest BCUT2D eigenvalue weighted by molar-refractivity contribution is 5.70. The predicted molar refractivity (Wildman–Crippen MR) is 223 cm³/mol. The zero-order valence-electron chi connectivity index (χ0n) is 35.5. The smallest absolute Gasteiger partial charge is 0.306 e. The lowest BCUT2D eigenvalue weighted by Crippen LogP contribution is -2.51. The molecular formula is C45H86O11. The molecule has 0 spiro atoms. The van der Waals surface area contributed by atoms with Crippen molar-refractivity contribution in [2.75, 3.05) is 33.0 Å². The Kier molecular flexibility index (Phi) is 40.4. The molecule has 11 heteroatoms. The van der Waals surface area contributed by atoms with Crippen LogP contribution in [0.25, 0.3) is 0 Å². The molecule has 0 bridgehead atoms. The third kappa shape index (κ3) is 34.4. The van der Waals surface area contributed by atoms with Crippen molar-refractivity contribution in [3.05, 3.63) is 12.2 Å². The van der Waals surface area contributed by atoms with E-state index in [1.54, 1.807) is 0 Å². The number of hydrogen-bond donors (Lipinski definition) is 6. The number of esters is 2. The van der Waals surface area contributed by atoms with Crippen LogP contribution >= 0.6 is 0 Å². The summed E-state index contributed by atoms with van der Waals surface area (Å²) >= 11 is 0. The number of aliphatic hydroxyl groups is 6. The normalized spacial score (nSPS) is 14.5. The Morgan fingerprint density at radius 1 is 0.500 bits per heavy atom. The van der Waals surface area contributed by atoms with Crippen LogP contribution in [0.3, 0.4) is 0 Å². The maximum absolute atomic E-state index is 12.9. The van der Waals surface area contributed by atoms with E-state index in [-0.39, 0.29) is 26.1 Å². The minimum Gasteiger partial charge on any atom is -0.456 e. The molecule has 0 aromatic heterocycles. The minimum atomic E-state index is -1.76. The third-order valence-corrected chi connectivity index (χ3v) is 10.3. The summed E-state index contributed by atoms with van der Waals surface area (Å²) in [4.78, 5) is 25.8. The lowest BCUT2D eigenvalue weighted by molar-refractivity contribution is -0.192. The first-order chi connectivity index (χ1) is 27.3. The summed E-state index contributed by atoms with van der Waals surface area (Å²) in [5.74, 6) is -1.20. The molecule has 56 heavy (non-hydrogen) atoms. The lowest BCUT2D eigenvalue weighted by atomic mass is 10.0. The monoisotopic (exact) mass is 803 g/mol. The zero-order chi connectivity index (χ0) is 41.3. The molecule has 0 aliphatic rings. The molecule has 0 saturated carbocycles. The van der Waals surface area contributed by atoms with Gasteiger partial charge in [-0.15, -0.1) is 0 Å². The SMILES string of the molecule is CCCCCCCC/C=C\CCCCCCCC(=O)O[C@@H](COCC(O)CO)[C@@H](OC(=O)CCCCCCCCCCCCCCCCCO)[C@H](O)[C@H](O)CO. The summed E-state index contributed by atoms with van der Waals surface area (Å²) in [5.41, 5.74) is 0. The van der Waals surface area contributed by atoms with E-state index >= 15 is 0 Å². The van der Waals surface area contributed by atoms with Gasteiger partial charge in [-0.25, -0.2) is 0 Å². The second-order valence-electron chi connectivity index (χ2n) is 15.7. The molecular weight excluding hydrogens is 716 g/mol. The van der Waals surface area contributed by atoms with Crippen molar-refractivity contribution in [2.24, 2.45) is 0 Å². The van der Waals surface area contributed by atoms with E-state index in [0.717, 1.165) is 77.0 Å². The number of rotatable bonds is 43. The van der Waals surface area contributed by atoms with Gasteiger partial charge in [0.25, 0.3) is 0 Å². The second-order valence-corrected chi connectivity index (χ2v) is 15.7. The Bertz CT molecular complexity index is 886. The molecule has 0 heterocycles. The van der Waals surface area contributed by atoms with Gasteiger partial charge in [-0.05, 0) is 44.9 Å². The quantitative estimate of drug-likeness (QED) is 0.0199. The Labute approximate surface area is 341 Å². The van der Waals surface area contributed by atoms with Gasteiger partial charge in [-0.2, -0.15) is 0 Å². The van der Waals surface area contributed by atoms with Crippen LogP contribution < -0.4 is 0 Å². The summed E-state index contributed by atoms with van der Waals surface area (Å²) in [5, 5.41) is 58.4. The molecule has 0 amide bonds. The van der Waals surface area contributed by atoms with E-state index in [1.165, 1.54) is 89.9 Å². The minimum absolute atomic E-state index is 0.0815. The van der Waals surface area contributed by atoms with Gasteiger partial charge in [0.15, 0.2) is 12.2 Å². The summed E-state index contributed by atoms with van der Waals surface area (Å²) in [6.07, 6.45) is 28.7. The van der Waals surface area contributed by atoms with E-state index in [1.807, 2.05) is 0 Å². The maximum atomic E-state index is 12.9. The van der Waals surface area contributed by atoms with Gasteiger partial charge in [0.1, 0.15) is 18.3 Å². The molecule has 0 aliphatic heterocycles. The Morgan fingerprint density at radius 2 is 0.911 bits per heavy atom. The fourth-order valence-electron chi connectivity index (χ4n) is 6.72. The number of aliphatic hydroxyl groups excluding tert-OH is 6. The van der Waals surface area contributed by atoms with Crippen molar-refractivity contribution < 1.29 is 54.4 Å². The van der Waals surface area contributed by atoms with Crippen LogP contribution in [-0.4, -0.2) is 106 Å². The van der Waals surface area contributed by atoms with Crippen molar-refractivity contribution in [2.45, 2.75) is 230 Å². The average Bonchev–Trinajstić information content (AvgIpc) is 3.20. The second kappa shape index (κ2) is 41.6. The molecule has 332 valence electrons. The molecule has 0 aliphatic carbocycles. The number of ether oxygens (including phenoxy) is 3. The molecule has 0 saturated heterocycles. The number of unbranched alkanes of at least 4 members (excludes halogenated alkanes) is 25. The highest BCUT2D eigenvalue weighted by Gasteiger charge is 2.38. The van der Waals surface area contributed by atoms with Crippen LogP contribution in [0.15, 0.2) is 12.2 Å². The standard InChI is InChI=1S/C45H86O11/c1-2-3-4-5-6-7-8-9-11-14-17-20-23-26-29-32-42(51)55-41(38-54-37-39(49)35-47)45(44(53)40(50)36-48)56-43(52)33-30-27-24-21-18-15-12-10-13-16-19-22-25-28-31-34-46/h9,11,39-41,44-50,53H,2-8,10,12-38H2,1H3/b11-9-/t39?,40-,41+,44-,45-/m1/s1. The third-order valence-electron chi connectivity index (χ3n) is 10.3. The number of carbonyl (C=O) groups excluding carboxylic acids is 2. The van der Waals surface area contributed by atoms with E-state index in [2.05, 4.69) is 19.1 Å². The van der Waals surface area contributed by atoms with Crippen molar-refractivity contribution in [3.63, 3.8) is 0 Å². The predicted octanol–water partition coefficient (Wildman–Crippen LogP) is 8.17. The molecule has 5 atom stereocenters. The summed E-state index contributed by atoms with van der Waals surface area (Å²) < 4.78 is 16.7. The largest absolute Gasteiger partial charge is 0.456 e. The highest BCUT2D eigenvalue weighted by Crippen LogP contribution is 2.19. The number of carbonyl (C=O) groups is 2. The summed E-state index contributed by atoms with van der Waals surface area (Å²) in [6, 6.07) is 0. The number of allylic oxidation sites excluding steroid dienone is 2. The van der Waals surface area contributed by atoms with Gasteiger partial charge in [0.2, 0.25) is 0 Å². The topological polar surface area (TPSA) is 183 Å². The van der Waals surface area contributed by atoms with E-state index in [9.17, 15) is 35.1 Å². The van der Waals surface area contributed by atoms with Gasteiger partial charge >= 0.3 is 11.9 Å². The average molecular weight is 803 g/mol. The van der Waals surface area contributed by atoms with Crippen LogP contribution in [0.1, 0.15) is 200 Å². The van der Waals surface area contributed by atoms with Crippen LogP contribution in [0.4, 0.5) is 0 Å². The first-order valence-corrected chi connectivity index (χ1v) is 22.8. The molecule has 0 aromatic carbocycles. The number of hydrogen-bond acceptors (Lipinski definition) is 11. The molecule has 0 aromatic rings. The highest BCUT2D eigenvalue weighted by atomic mass is 16.6. The van der Waals surface area contributed by atoms with E-state index in [4.69, 9.17) is 19.3 Å². The van der Waals surface area contributed by atoms with E-state index in [0.29, 0.717) is 19.4 Å². The summed E-state index contributed by atoms with van der Waals surface area (Å²) in [6.45, 7) is 0.531. The molecule has 0 radical (unpaired) electrons. The Balaban J connectivity index is 4.65. The summed E-state index contributed by atoms with van der Waals surface area (Å²) in [7, 11) is 0. The van der Waals surface area contributed by atoms with Crippen LogP contribution in [-0.2, 0) is 23.8 Å². The van der Waals surface area contributed by atoms with Gasteiger partial charge in [-0.1, -0.05) is 154 Å². The van der Waals surface area contributed by atoms with Crippen molar-refractivity contribution in [1.29, 1.82) is 0 Å². The molecule has 11 nitrogen and oxygen atoms in total. The van der Waals surface area contributed by atoms with Crippen molar-refractivity contribution in [3.8, 4) is 0 Å². The fraction of sp³-hybridized carbons (Fsp3) is 0.911. The lowest BCUT2D eigenvalue weighted by Gasteiger charge is -2.32. The van der Waals surface area contributed by atoms with Crippen molar-refractivity contribution in [1.82, 2.24) is 0 Å². The van der Waals surface area contributed by atoms with Gasteiger partial charge in [0.05, 0.1) is 26.4 Å². The Hall–Kier alpha value is -1.60.